The van der Waals surface area contributed by atoms with Crippen LogP contribution in [0.1, 0.15) is 44.9 Å². The van der Waals surface area contributed by atoms with Crippen molar-refractivity contribution in [3.63, 3.8) is 0 Å². The highest BCUT2D eigenvalue weighted by atomic mass is 16.5. The van der Waals surface area contributed by atoms with E-state index in [9.17, 15) is 0 Å². The van der Waals surface area contributed by atoms with Gasteiger partial charge in [0.2, 0.25) is 0 Å². The Labute approximate surface area is 158 Å². The van der Waals surface area contributed by atoms with E-state index in [1.165, 1.54) is 11.1 Å². The molecule has 0 aliphatic carbocycles. The van der Waals surface area contributed by atoms with Crippen molar-refractivity contribution in [1.82, 2.24) is 4.90 Å². The molecule has 0 spiro atoms. The minimum absolute atomic E-state index is 0.0252. The van der Waals surface area contributed by atoms with Crippen LogP contribution in [0.3, 0.4) is 0 Å². The summed E-state index contributed by atoms with van der Waals surface area (Å²) in [4.78, 5) is 2.31. The van der Waals surface area contributed by atoms with Gasteiger partial charge in [-0.1, -0.05) is 60.7 Å². The van der Waals surface area contributed by atoms with Crippen LogP contribution in [0.25, 0.3) is 0 Å². The van der Waals surface area contributed by atoms with E-state index in [1.807, 2.05) is 12.1 Å². The molecule has 2 rings (SSSR count). The molecule has 0 saturated heterocycles. The molecule has 0 atom stereocenters. The predicted octanol–water partition coefficient (Wildman–Crippen LogP) is 4.93. The summed E-state index contributed by atoms with van der Waals surface area (Å²) in [5, 5.41) is 0. The van der Waals surface area contributed by atoms with Crippen LogP contribution in [-0.2, 0) is 9.47 Å². The second-order valence-corrected chi connectivity index (χ2v) is 7.67. The SMILES string of the molecule is CC(C)OCC(C)(C)N(C)CCOC(c1ccccc1)c1ccccc1. The third-order valence-electron chi connectivity index (χ3n) is 4.72. The summed E-state index contributed by atoms with van der Waals surface area (Å²) in [6, 6.07) is 20.8. The smallest absolute Gasteiger partial charge is 0.108 e. The number of hydrogen-bond donors (Lipinski definition) is 0. The van der Waals surface area contributed by atoms with E-state index in [0.717, 1.165) is 6.54 Å². The molecule has 0 aromatic heterocycles. The van der Waals surface area contributed by atoms with E-state index in [2.05, 4.69) is 88.2 Å². The molecule has 2 aromatic carbocycles. The fourth-order valence-electron chi connectivity index (χ4n) is 2.73. The largest absolute Gasteiger partial charge is 0.377 e. The van der Waals surface area contributed by atoms with Gasteiger partial charge in [0.1, 0.15) is 6.10 Å². The van der Waals surface area contributed by atoms with E-state index in [1.54, 1.807) is 0 Å². The third kappa shape index (κ3) is 6.24. The first-order chi connectivity index (χ1) is 12.4. The Kier molecular flexibility index (Phi) is 7.83. The highest BCUT2D eigenvalue weighted by molar-refractivity contribution is 5.29. The third-order valence-corrected chi connectivity index (χ3v) is 4.72. The summed E-state index contributed by atoms with van der Waals surface area (Å²) < 4.78 is 12.1. The average molecular weight is 356 g/mol. The van der Waals surface area contributed by atoms with Crippen molar-refractivity contribution in [3.8, 4) is 0 Å². The average Bonchev–Trinajstić information content (AvgIpc) is 2.65. The van der Waals surface area contributed by atoms with Crippen LogP contribution in [0.5, 0.6) is 0 Å². The molecular weight excluding hydrogens is 322 g/mol. The minimum Gasteiger partial charge on any atom is -0.377 e. The zero-order valence-corrected chi connectivity index (χ0v) is 16.8. The highest BCUT2D eigenvalue weighted by Crippen LogP contribution is 2.26. The molecule has 142 valence electrons. The van der Waals surface area contributed by atoms with E-state index in [0.29, 0.717) is 13.2 Å². The number of hydrogen-bond acceptors (Lipinski definition) is 3. The molecule has 0 N–H and O–H groups in total. The van der Waals surface area contributed by atoms with Crippen LogP contribution >= 0.6 is 0 Å². The van der Waals surface area contributed by atoms with E-state index in [-0.39, 0.29) is 17.7 Å². The van der Waals surface area contributed by atoms with Gasteiger partial charge < -0.3 is 9.47 Å². The van der Waals surface area contributed by atoms with Gasteiger partial charge >= 0.3 is 0 Å². The van der Waals surface area contributed by atoms with Gasteiger partial charge in [-0.3, -0.25) is 4.90 Å². The second-order valence-electron chi connectivity index (χ2n) is 7.67. The van der Waals surface area contributed by atoms with Gasteiger partial charge in [-0.05, 0) is 45.9 Å². The maximum Gasteiger partial charge on any atom is 0.108 e. The first kappa shape index (κ1) is 20.6. The lowest BCUT2D eigenvalue weighted by atomic mass is 10.0. The second kappa shape index (κ2) is 9.86. The van der Waals surface area contributed by atoms with Crippen LogP contribution < -0.4 is 0 Å². The van der Waals surface area contributed by atoms with Crippen LogP contribution in [0.4, 0.5) is 0 Å². The molecule has 0 radical (unpaired) electrons. The molecule has 0 aliphatic rings. The number of ether oxygens (including phenoxy) is 2. The van der Waals surface area contributed by atoms with Crippen LogP contribution in [0, 0.1) is 0 Å². The fraction of sp³-hybridized carbons (Fsp3) is 0.478. The van der Waals surface area contributed by atoms with Crippen LogP contribution in [0.2, 0.25) is 0 Å². The molecule has 0 aliphatic heterocycles. The Morgan fingerprint density at radius 1 is 0.846 bits per heavy atom. The number of benzene rings is 2. The molecular formula is C23H33NO2. The molecule has 0 heterocycles. The summed E-state index contributed by atoms with van der Waals surface area (Å²) in [5.41, 5.74) is 2.34. The van der Waals surface area contributed by atoms with Crippen LogP contribution in [-0.4, -0.2) is 43.3 Å². The lowest BCUT2D eigenvalue weighted by molar-refractivity contribution is -0.0191. The van der Waals surface area contributed by atoms with Gasteiger partial charge in [0, 0.05) is 12.1 Å². The monoisotopic (exact) mass is 355 g/mol. The Morgan fingerprint density at radius 3 is 1.81 bits per heavy atom. The quantitative estimate of drug-likeness (QED) is 0.603. The minimum atomic E-state index is -0.0409. The molecule has 3 nitrogen and oxygen atoms in total. The Morgan fingerprint density at radius 2 is 1.35 bits per heavy atom. The standard InChI is InChI=1S/C23H33NO2/c1-19(2)26-18-23(3,4)24(5)16-17-25-22(20-12-8-6-9-13-20)21-14-10-7-11-15-21/h6-15,19,22H,16-18H2,1-5H3. The molecule has 0 amide bonds. The number of likely N-dealkylation sites (N-methyl/N-ethyl adjacent to an activating group) is 1. The summed E-state index contributed by atoms with van der Waals surface area (Å²) >= 11 is 0. The lowest BCUT2D eigenvalue weighted by Crippen LogP contribution is -2.47. The first-order valence-corrected chi connectivity index (χ1v) is 9.44. The topological polar surface area (TPSA) is 21.7 Å². The van der Waals surface area contributed by atoms with Gasteiger partial charge in [-0.2, -0.15) is 0 Å². The number of rotatable bonds is 10. The van der Waals surface area contributed by atoms with Crippen molar-refractivity contribution < 1.29 is 9.47 Å². The van der Waals surface area contributed by atoms with E-state index in [4.69, 9.17) is 9.47 Å². The molecule has 3 heteroatoms. The maximum atomic E-state index is 6.32. The summed E-state index contributed by atoms with van der Waals surface area (Å²) in [6.45, 7) is 10.8. The first-order valence-electron chi connectivity index (χ1n) is 9.44. The van der Waals surface area contributed by atoms with Crippen molar-refractivity contribution in [3.05, 3.63) is 71.8 Å². The molecule has 0 unspecified atom stereocenters. The van der Waals surface area contributed by atoms with Gasteiger partial charge in [0.25, 0.3) is 0 Å². The van der Waals surface area contributed by atoms with Crippen molar-refractivity contribution in [2.24, 2.45) is 0 Å². The fourth-order valence-corrected chi connectivity index (χ4v) is 2.73. The summed E-state index contributed by atoms with van der Waals surface area (Å²) in [6.07, 6.45) is 0.209. The zero-order valence-electron chi connectivity index (χ0n) is 16.8. The van der Waals surface area contributed by atoms with Crippen molar-refractivity contribution >= 4 is 0 Å². The Hall–Kier alpha value is -1.68. The molecule has 0 fully saturated rings. The summed E-state index contributed by atoms with van der Waals surface area (Å²) in [5.74, 6) is 0. The van der Waals surface area contributed by atoms with Crippen molar-refractivity contribution in [2.75, 3.05) is 26.8 Å². The van der Waals surface area contributed by atoms with Gasteiger partial charge in [0.05, 0.1) is 19.3 Å². The van der Waals surface area contributed by atoms with Gasteiger partial charge in [0.15, 0.2) is 0 Å². The zero-order chi connectivity index (χ0) is 19.0. The molecule has 26 heavy (non-hydrogen) atoms. The predicted molar refractivity (Wildman–Crippen MR) is 108 cm³/mol. The lowest BCUT2D eigenvalue weighted by Gasteiger charge is -2.36. The Balaban J connectivity index is 1.97. The van der Waals surface area contributed by atoms with Crippen LogP contribution in [0.15, 0.2) is 60.7 Å². The number of nitrogens with zero attached hydrogens (tertiary/aromatic N) is 1. The molecule has 0 bridgehead atoms. The summed E-state index contributed by atoms with van der Waals surface area (Å²) in [7, 11) is 2.13. The highest BCUT2D eigenvalue weighted by Gasteiger charge is 2.24. The molecule has 2 aromatic rings. The van der Waals surface area contributed by atoms with Gasteiger partial charge in [-0.15, -0.1) is 0 Å². The van der Waals surface area contributed by atoms with E-state index >= 15 is 0 Å². The maximum absolute atomic E-state index is 6.32. The van der Waals surface area contributed by atoms with Crippen molar-refractivity contribution in [1.29, 1.82) is 0 Å². The molecule has 0 saturated carbocycles. The van der Waals surface area contributed by atoms with Crippen molar-refractivity contribution in [2.45, 2.75) is 45.4 Å². The van der Waals surface area contributed by atoms with E-state index < -0.39 is 0 Å². The normalized spacial score (nSPS) is 12.3. The Bertz CT molecular complexity index is 586. The van der Waals surface area contributed by atoms with Gasteiger partial charge in [-0.25, -0.2) is 0 Å².